The van der Waals surface area contributed by atoms with E-state index >= 15 is 0 Å². The van der Waals surface area contributed by atoms with Crippen molar-refractivity contribution in [2.24, 2.45) is 5.84 Å². The van der Waals surface area contributed by atoms with Gasteiger partial charge in [0.2, 0.25) is 0 Å². The number of aromatic nitrogens is 1. The minimum absolute atomic E-state index is 0.260. The predicted molar refractivity (Wildman–Crippen MR) is 60.7 cm³/mol. The highest BCUT2D eigenvalue weighted by Gasteiger charge is 2.15. The van der Waals surface area contributed by atoms with Crippen molar-refractivity contribution in [3.05, 3.63) is 24.0 Å². The molecular weight excluding hydrogens is 206 g/mol. The van der Waals surface area contributed by atoms with Gasteiger partial charge in [-0.3, -0.25) is 10.8 Å². The Morgan fingerprint density at radius 1 is 1.62 bits per heavy atom. The first-order valence-electron chi connectivity index (χ1n) is 5.49. The highest BCUT2D eigenvalue weighted by molar-refractivity contribution is 5.41. The number of nitrogens with two attached hydrogens (primary N) is 1. The average Bonchev–Trinajstić information content (AvgIpc) is 2.82. The molecule has 5 heteroatoms. The van der Waals surface area contributed by atoms with Crippen LogP contribution in [0.1, 0.15) is 18.5 Å². The van der Waals surface area contributed by atoms with Crippen molar-refractivity contribution in [2.45, 2.75) is 25.6 Å². The summed E-state index contributed by atoms with van der Waals surface area (Å²) in [6, 6.07) is 3.68. The fraction of sp³-hybridized carbons (Fsp3) is 0.545. The van der Waals surface area contributed by atoms with Crippen molar-refractivity contribution in [3.8, 4) is 0 Å². The van der Waals surface area contributed by atoms with Gasteiger partial charge in [0, 0.05) is 12.8 Å². The monoisotopic (exact) mass is 223 g/mol. The van der Waals surface area contributed by atoms with Crippen LogP contribution in [0.15, 0.2) is 18.3 Å². The van der Waals surface area contributed by atoms with Crippen molar-refractivity contribution in [2.75, 3.05) is 18.6 Å². The summed E-state index contributed by atoms with van der Waals surface area (Å²) in [5.74, 6) is 5.31. The third-order valence-electron chi connectivity index (χ3n) is 2.56. The van der Waals surface area contributed by atoms with Gasteiger partial charge in [0.05, 0.1) is 30.7 Å². The van der Waals surface area contributed by atoms with Crippen LogP contribution in [0.3, 0.4) is 0 Å². The van der Waals surface area contributed by atoms with Gasteiger partial charge in [0.1, 0.15) is 0 Å². The summed E-state index contributed by atoms with van der Waals surface area (Å²) < 4.78 is 11.0. The summed E-state index contributed by atoms with van der Waals surface area (Å²) >= 11 is 0. The van der Waals surface area contributed by atoms with Gasteiger partial charge in [-0.25, -0.2) is 0 Å². The van der Waals surface area contributed by atoms with Crippen molar-refractivity contribution >= 4 is 5.69 Å². The molecule has 16 heavy (non-hydrogen) atoms. The summed E-state index contributed by atoms with van der Waals surface area (Å²) in [7, 11) is 0. The summed E-state index contributed by atoms with van der Waals surface area (Å²) in [5, 5.41) is 0. The highest BCUT2D eigenvalue weighted by atomic mass is 16.5. The molecule has 1 saturated heterocycles. The fourth-order valence-corrected chi connectivity index (χ4v) is 1.72. The Hall–Kier alpha value is -1.17. The molecule has 1 aliphatic rings. The topological polar surface area (TPSA) is 69.4 Å². The molecule has 1 aromatic rings. The molecule has 5 nitrogen and oxygen atoms in total. The first kappa shape index (κ1) is 11.3. The molecule has 3 N–H and O–H groups in total. The molecule has 88 valence electrons. The van der Waals surface area contributed by atoms with E-state index in [1.807, 2.05) is 12.1 Å². The van der Waals surface area contributed by atoms with Gasteiger partial charge in [-0.1, -0.05) is 0 Å². The summed E-state index contributed by atoms with van der Waals surface area (Å²) in [5.41, 5.74) is 4.29. The van der Waals surface area contributed by atoms with Crippen LogP contribution in [0.2, 0.25) is 0 Å². The minimum Gasteiger partial charge on any atom is -0.376 e. The van der Waals surface area contributed by atoms with E-state index < -0.39 is 0 Å². The van der Waals surface area contributed by atoms with Crippen LogP contribution in [0.4, 0.5) is 5.69 Å². The van der Waals surface area contributed by atoms with Gasteiger partial charge >= 0.3 is 0 Å². The van der Waals surface area contributed by atoms with E-state index in [9.17, 15) is 0 Å². The Kier molecular flexibility index (Phi) is 4.10. The second-order valence-corrected chi connectivity index (χ2v) is 3.83. The molecule has 1 atom stereocenters. The van der Waals surface area contributed by atoms with Crippen LogP contribution in [0, 0.1) is 0 Å². The Balaban J connectivity index is 1.75. The van der Waals surface area contributed by atoms with Crippen LogP contribution in [-0.2, 0) is 16.1 Å². The number of nitrogens with one attached hydrogen (secondary N) is 1. The molecule has 0 spiro atoms. The molecule has 0 radical (unpaired) electrons. The molecule has 0 aromatic carbocycles. The van der Waals surface area contributed by atoms with E-state index in [0.29, 0.717) is 13.2 Å². The van der Waals surface area contributed by atoms with Crippen LogP contribution in [-0.4, -0.2) is 24.3 Å². The van der Waals surface area contributed by atoms with Gasteiger partial charge in [-0.2, -0.15) is 0 Å². The summed E-state index contributed by atoms with van der Waals surface area (Å²) in [6.45, 7) is 2.00. The first-order chi connectivity index (χ1) is 7.88. The molecule has 1 fully saturated rings. The zero-order chi connectivity index (χ0) is 11.2. The second kappa shape index (κ2) is 5.79. The van der Waals surface area contributed by atoms with Crippen LogP contribution in [0.25, 0.3) is 0 Å². The van der Waals surface area contributed by atoms with Gasteiger partial charge < -0.3 is 14.9 Å². The number of hydrogen-bond acceptors (Lipinski definition) is 5. The maximum absolute atomic E-state index is 5.55. The Labute approximate surface area is 94.9 Å². The van der Waals surface area contributed by atoms with Crippen LogP contribution >= 0.6 is 0 Å². The molecule has 0 saturated carbocycles. The third-order valence-corrected chi connectivity index (χ3v) is 2.56. The lowest BCUT2D eigenvalue weighted by Gasteiger charge is -2.10. The molecule has 1 unspecified atom stereocenters. The number of rotatable bonds is 5. The van der Waals surface area contributed by atoms with Crippen molar-refractivity contribution < 1.29 is 9.47 Å². The van der Waals surface area contributed by atoms with Crippen molar-refractivity contribution in [1.29, 1.82) is 0 Å². The highest BCUT2D eigenvalue weighted by Crippen LogP contribution is 2.13. The molecule has 0 aliphatic carbocycles. The summed E-state index contributed by atoms with van der Waals surface area (Å²) in [6.07, 6.45) is 4.20. The zero-order valence-electron chi connectivity index (χ0n) is 9.19. The normalized spacial score (nSPS) is 19.9. The molecule has 0 bridgehead atoms. The van der Waals surface area contributed by atoms with E-state index in [0.717, 1.165) is 30.8 Å². The molecule has 2 rings (SSSR count). The lowest BCUT2D eigenvalue weighted by Crippen LogP contribution is -2.14. The van der Waals surface area contributed by atoms with Gasteiger partial charge in [-0.15, -0.1) is 0 Å². The predicted octanol–water partition coefficient (Wildman–Crippen LogP) is 1.06. The van der Waals surface area contributed by atoms with Gasteiger partial charge in [0.25, 0.3) is 0 Å². The van der Waals surface area contributed by atoms with E-state index in [2.05, 4.69) is 10.4 Å². The number of ether oxygens (including phenoxy) is 2. The summed E-state index contributed by atoms with van der Waals surface area (Å²) in [4.78, 5) is 4.19. The fourth-order valence-electron chi connectivity index (χ4n) is 1.72. The van der Waals surface area contributed by atoms with Gasteiger partial charge in [0.15, 0.2) is 0 Å². The van der Waals surface area contributed by atoms with Gasteiger partial charge in [-0.05, 0) is 25.0 Å². The number of hydrazine groups is 1. The Morgan fingerprint density at radius 2 is 2.56 bits per heavy atom. The van der Waals surface area contributed by atoms with E-state index in [-0.39, 0.29) is 6.10 Å². The van der Waals surface area contributed by atoms with E-state index in [4.69, 9.17) is 15.3 Å². The number of nitrogens with zero attached hydrogens (tertiary/aromatic N) is 1. The molecule has 1 aromatic heterocycles. The Bertz CT molecular complexity index is 327. The van der Waals surface area contributed by atoms with E-state index in [1.54, 1.807) is 6.20 Å². The number of hydrogen-bond donors (Lipinski definition) is 2. The second-order valence-electron chi connectivity index (χ2n) is 3.83. The molecule has 2 heterocycles. The zero-order valence-corrected chi connectivity index (χ0v) is 9.19. The van der Waals surface area contributed by atoms with Crippen molar-refractivity contribution in [1.82, 2.24) is 4.98 Å². The number of pyridine rings is 1. The molecule has 1 aliphatic heterocycles. The number of anilines is 1. The molecule has 0 amide bonds. The Morgan fingerprint density at radius 3 is 3.31 bits per heavy atom. The molecular formula is C11H17N3O2. The van der Waals surface area contributed by atoms with Crippen LogP contribution in [0.5, 0.6) is 0 Å². The lowest BCUT2D eigenvalue weighted by atomic mass is 10.2. The average molecular weight is 223 g/mol. The van der Waals surface area contributed by atoms with Crippen LogP contribution < -0.4 is 11.3 Å². The number of nitrogen functional groups attached to an aromatic ring is 1. The van der Waals surface area contributed by atoms with E-state index in [1.165, 1.54) is 0 Å². The standard InChI is InChI=1S/C11H17N3O2/c12-14-9-3-4-13-10(6-9)7-15-8-11-2-1-5-16-11/h3-4,6,11H,1-2,5,7-8,12H2,(H,13,14). The largest absolute Gasteiger partial charge is 0.376 e. The SMILES string of the molecule is NNc1ccnc(COCC2CCCO2)c1. The maximum atomic E-state index is 5.55. The third kappa shape index (κ3) is 3.16. The first-order valence-corrected chi connectivity index (χ1v) is 5.49. The van der Waals surface area contributed by atoms with Crippen molar-refractivity contribution in [3.63, 3.8) is 0 Å². The minimum atomic E-state index is 0.260. The maximum Gasteiger partial charge on any atom is 0.0889 e. The lowest BCUT2D eigenvalue weighted by molar-refractivity contribution is 0.00967. The quantitative estimate of drug-likeness (QED) is 0.577. The smallest absolute Gasteiger partial charge is 0.0889 e.